The van der Waals surface area contributed by atoms with Crippen LogP contribution in [0.25, 0.3) is 0 Å². The predicted octanol–water partition coefficient (Wildman–Crippen LogP) is 6.64. The number of carbonyl (C=O) groups excluding carboxylic acids is 3. The Morgan fingerprint density at radius 1 is 1.03 bits per heavy atom. The fourth-order valence-corrected chi connectivity index (χ4v) is 3.97. The zero-order valence-electron chi connectivity index (χ0n) is 21.5. The molecule has 2 aromatic rings. The third kappa shape index (κ3) is 8.24. The lowest BCUT2D eigenvalue weighted by atomic mass is 9.84. The van der Waals surface area contributed by atoms with Gasteiger partial charge in [0.15, 0.2) is 5.78 Å². The van der Waals surface area contributed by atoms with E-state index in [0.29, 0.717) is 23.6 Å². The number of hydrogen-bond donors (Lipinski definition) is 1. The fourth-order valence-electron chi connectivity index (χ4n) is 3.75. The highest BCUT2D eigenvalue weighted by molar-refractivity contribution is 6.34. The maximum atomic E-state index is 13.2. The highest BCUT2D eigenvalue weighted by Crippen LogP contribution is 2.39. The average molecular weight is 574 g/mol. The lowest BCUT2D eigenvalue weighted by Crippen LogP contribution is -2.39. The van der Waals surface area contributed by atoms with Gasteiger partial charge in [0.1, 0.15) is 23.6 Å². The van der Waals surface area contributed by atoms with Crippen molar-refractivity contribution >= 4 is 29.1 Å². The van der Waals surface area contributed by atoms with Gasteiger partial charge in [-0.3, -0.25) is 14.4 Å². The van der Waals surface area contributed by atoms with Crippen LogP contribution in [-0.2, 0) is 17.6 Å². The van der Waals surface area contributed by atoms with E-state index < -0.39 is 42.1 Å². The summed E-state index contributed by atoms with van der Waals surface area (Å²) in [5.41, 5.74) is -1.50. The van der Waals surface area contributed by atoms with Crippen molar-refractivity contribution in [3.8, 4) is 5.75 Å². The summed E-state index contributed by atoms with van der Waals surface area (Å²) in [7, 11) is 0. The zero-order chi connectivity index (χ0) is 29.0. The molecule has 0 spiro atoms. The van der Waals surface area contributed by atoms with Crippen LogP contribution in [0.15, 0.2) is 36.4 Å². The van der Waals surface area contributed by atoms with Crippen LogP contribution in [0.4, 0.5) is 22.0 Å². The number of halogens is 6. The van der Waals surface area contributed by atoms with Gasteiger partial charge in [-0.1, -0.05) is 23.7 Å². The van der Waals surface area contributed by atoms with E-state index in [1.807, 2.05) is 0 Å². The SMILES string of the molecule is CC(C)(C(=O)CCc1ccc(Cl)c(C(=O)Cc2ccc(OCC(F)F)c(C(=O)NCC3CC3)c2)c1)C(F)(F)F. The molecule has 5 nitrogen and oxygen atoms in total. The number of hydrogen-bond acceptors (Lipinski definition) is 4. The first-order valence-corrected chi connectivity index (χ1v) is 12.8. The van der Waals surface area contributed by atoms with Crippen LogP contribution in [-0.4, -0.2) is 43.2 Å². The number of amides is 1. The Kier molecular flexibility index (Phi) is 9.74. The molecule has 0 unspecified atom stereocenters. The minimum Gasteiger partial charge on any atom is -0.487 e. The Labute approximate surface area is 228 Å². The lowest BCUT2D eigenvalue weighted by molar-refractivity contribution is -0.210. The van der Waals surface area contributed by atoms with E-state index in [4.69, 9.17) is 16.3 Å². The Balaban J connectivity index is 1.75. The molecule has 0 aliphatic heterocycles. The van der Waals surface area contributed by atoms with Crippen molar-refractivity contribution in [2.75, 3.05) is 13.2 Å². The standard InChI is InChI=1S/C28H29ClF5NO4/c1-27(2,28(32,33)34)24(37)10-7-16-5-8-21(29)19(11-16)22(36)13-18-6-9-23(39-15-25(30)31)20(12-18)26(38)35-14-17-3-4-17/h5-6,8-9,11-12,17,25H,3-4,7,10,13-15H2,1-2H3,(H,35,38). The molecule has 1 fully saturated rings. The third-order valence-corrected chi connectivity index (χ3v) is 6.97. The van der Waals surface area contributed by atoms with Gasteiger partial charge in [0.2, 0.25) is 0 Å². The van der Waals surface area contributed by atoms with Crippen molar-refractivity contribution in [2.45, 2.75) is 58.6 Å². The van der Waals surface area contributed by atoms with Crippen LogP contribution < -0.4 is 10.1 Å². The number of ether oxygens (including phenoxy) is 1. The van der Waals surface area contributed by atoms with Gasteiger partial charge >= 0.3 is 6.18 Å². The molecule has 0 bridgehead atoms. The number of ketones is 2. The molecule has 2 aromatic carbocycles. The van der Waals surface area contributed by atoms with Gasteiger partial charge in [0, 0.05) is 24.9 Å². The number of aryl methyl sites for hydroxylation is 1. The number of rotatable bonds is 13. The molecule has 212 valence electrons. The minimum absolute atomic E-state index is 0.0166. The molecule has 0 saturated heterocycles. The van der Waals surface area contributed by atoms with Crippen LogP contribution in [0.3, 0.4) is 0 Å². The van der Waals surface area contributed by atoms with E-state index in [1.54, 1.807) is 0 Å². The minimum atomic E-state index is -4.68. The molecule has 1 aliphatic carbocycles. The predicted molar refractivity (Wildman–Crippen MR) is 136 cm³/mol. The average Bonchev–Trinajstić information content (AvgIpc) is 3.69. The molecule has 3 rings (SSSR count). The van der Waals surface area contributed by atoms with Crippen molar-refractivity contribution < 1.29 is 41.1 Å². The molecule has 0 heterocycles. The van der Waals surface area contributed by atoms with Gasteiger partial charge in [-0.05, 0) is 74.4 Å². The van der Waals surface area contributed by atoms with E-state index in [1.165, 1.54) is 36.4 Å². The van der Waals surface area contributed by atoms with Crippen molar-refractivity contribution in [2.24, 2.45) is 11.3 Å². The van der Waals surface area contributed by atoms with Crippen LogP contribution >= 0.6 is 11.6 Å². The molecule has 0 aromatic heterocycles. The first-order chi connectivity index (χ1) is 18.2. The first kappa shape index (κ1) is 30.5. The summed E-state index contributed by atoms with van der Waals surface area (Å²) in [6.45, 7) is 1.21. The topological polar surface area (TPSA) is 72.5 Å². The van der Waals surface area contributed by atoms with E-state index in [9.17, 15) is 36.3 Å². The molecule has 1 amide bonds. The molecular formula is C28H29ClF5NO4. The van der Waals surface area contributed by atoms with Gasteiger partial charge in [-0.25, -0.2) is 8.78 Å². The first-order valence-electron chi connectivity index (χ1n) is 12.4. The van der Waals surface area contributed by atoms with Crippen molar-refractivity contribution in [1.29, 1.82) is 0 Å². The highest BCUT2D eigenvalue weighted by Gasteiger charge is 2.51. The summed E-state index contributed by atoms with van der Waals surface area (Å²) >= 11 is 6.22. The van der Waals surface area contributed by atoms with Crippen molar-refractivity contribution in [1.82, 2.24) is 5.32 Å². The summed E-state index contributed by atoms with van der Waals surface area (Å²) in [6.07, 6.45) is -6.01. The van der Waals surface area contributed by atoms with Gasteiger partial charge in [-0.2, -0.15) is 13.2 Å². The lowest BCUT2D eigenvalue weighted by Gasteiger charge is -2.26. The molecule has 1 saturated carbocycles. The maximum Gasteiger partial charge on any atom is 0.400 e. The number of carbonyl (C=O) groups is 3. The Morgan fingerprint density at radius 3 is 2.28 bits per heavy atom. The Hall–Kier alpha value is -3.01. The second-order valence-corrected chi connectivity index (χ2v) is 10.6. The third-order valence-electron chi connectivity index (χ3n) is 6.64. The molecule has 0 radical (unpaired) electrons. The van der Waals surface area contributed by atoms with Crippen molar-refractivity contribution in [3.63, 3.8) is 0 Å². The maximum absolute atomic E-state index is 13.2. The van der Waals surface area contributed by atoms with E-state index in [0.717, 1.165) is 26.7 Å². The highest BCUT2D eigenvalue weighted by atomic mass is 35.5. The van der Waals surface area contributed by atoms with E-state index in [2.05, 4.69) is 5.32 Å². The van der Waals surface area contributed by atoms with E-state index in [-0.39, 0.29) is 41.2 Å². The number of nitrogens with one attached hydrogen (secondary N) is 1. The van der Waals surface area contributed by atoms with Gasteiger partial charge < -0.3 is 10.1 Å². The molecule has 1 N–H and O–H groups in total. The summed E-state index contributed by atoms with van der Waals surface area (Å²) in [5.74, 6) is -1.57. The van der Waals surface area contributed by atoms with Crippen LogP contribution in [0.5, 0.6) is 5.75 Å². The van der Waals surface area contributed by atoms with Crippen LogP contribution in [0.1, 0.15) is 65.0 Å². The molecule has 0 atom stereocenters. The largest absolute Gasteiger partial charge is 0.487 e. The smallest absolute Gasteiger partial charge is 0.400 e. The monoisotopic (exact) mass is 573 g/mol. The molecule has 1 aliphatic rings. The summed E-state index contributed by atoms with van der Waals surface area (Å²) in [6, 6.07) is 8.62. The number of Topliss-reactive ketones (excluding diaryl/α,β-unsaturated/α-hetero) is 2. The molecular weight excluding hydrogens is 545 g/mol. The zero-order valence-corrected chi connectivity index (χ0v) is 22.2. The van der Waals surface area contributed by atoms with Crippen molar-refractivity contribution in [3.05, 3.63) is 63.7 Å². The fraction of sp³-hybridized carbons (Fsp3) is 0.464. The van der Waals surface area contributed by atoms with Gasteiger partial charge in [0.25, 0.3) is 12.3 Å². The second kappa shape index (κ2) is 12.4. The number of benzene rings is 2. The Morgan fingerprint density at radius 2 is 1.67 bits per heavy atom. The Bertz CT molecular complexity index is 1220. The van der Waals surface area contributed by atoms with Crippen LogP contribution in [0.2, 0.25) is 5.02 Å². The number of alkyl halides is 5. The van der Waals surface area contributed by atoms with E-state index >= 15 is 0 Å². The quantitative estimate of drug-likeness (QED) is 0.215. The summed E-state index contributed by atoms with van der Waals surface area (Å²) < 4.78 is 69.9. The molecule has 11 heteroatoms. The van der Waals surface area contributed by atoms with Crippen LogP contribution in [0, 0.1) is 11.3 Å². The van der Waals surface area contributed by atoms with Gasteiger partial charge in [-0.15, -0.1) is 0 Å². The summed E-state index contributed by atoms with van der Waals surface area (Å²) in [5, 5.41) is 2.87. The normalized spacial score (nSPS) is 13.9. The second-order valence-electron chi connectivity index (χ2n) is 10.1. The van der Waals surface area contributed by atoms with Gasteiger partial charge in [0.05, 0.1) is 10.6 Å². The molecule has 39 heavy (non-hydrogen) atoms. The summed E-state index contributed by atoms with van der Waals surface area (Å²) in [4.78, 5) is 38.0.